The summed E-state index contributed by atoms with van der Waals surface area (Å²) >= 11 is 0. The molecule has 0 saturated heterocycles. The molecule has 0 aliphatic carbocycles. The van der Waals surface area contributed by atoms with Crippen LogP contribution in [0.25, 0.3) is 0 Å². The van der Waals surface area contributed by atoms with Gasteiger partial charge in [0.05, 0.1) is 11.6 Å². The second-order valence-corrected chi connectivity index (χ2v) is 5.37. The largest absolute Gasteiger partial charge is 0.345 e. The maximum absolute atomic E-state index is 13.7. The second-order valence-electron chi connectivity index (χ2n) is 5.37. The predicted octanol–water partition coefficient (Wildman–Crippen LogP) is 4.23. The van der Waals surface area contributed by atoms with E-state index in [1.807, 2.05) is 13.8 Å². The van der Waals surface area contributed by atoms with Crippen LogP contribution < -0.4 is 5.32 Å². The number of benzene rings is 2. The molecule has 2 aromatic rings. The Hall–Kier alpha value is -2.30. The van der Waals surface area contributed by atoms with Crippen molar-refractivity contribution in [2.45, 2.75) is 19.9 Å². The Balaban J connectivity index is 2.24. The van der Waals surface area contributed by atoms with Crippen LogP contribution in [0.2, 0.25) is 0 Å². The molecule has 2 nitrogen and oxygen atoms in total. The standard InChI is InChI=1S/C17H16F3NO/c1-10(2)16(11-3-5-12(18)6-4-11)21-17(22)14-8-7-13(19)9-15(14)20/h3-10,16H,1-2H3,(H,21,22)/t16-/m1/s1. The molecule has 2 rings (SSSR count). The first-order chi connectivity index (χ1) is 10.4. The Morgan fingerprint density at radius 1 is 0.955 bits per heavy atom. The van der Waals surface area contributed by atoms with Crippen LogP contribution in [0.1, 0.15) is 35.8 Å². The first kappa shape index (κ1) is 16.1. The lowest BCUT2D eigenvalue weighted by Gasteiger charge is -2.23. The van der Waals surface area contributed by atoms with Crippen LogP contribution in [-0.2, 0) is 0 Å². The van der Waals surface area contributed by atoms with E-state index < -0.39 is 23.6 Å². The summed E-state index contributed by atoms with van der Waals surface area (Å²) in [7, 11) is 0. The van der Waals surface area contributed by atoms with Gasteiger partial charge in [0.25, 0.3) is 5.91 Å². The summed E-state index contributed by atoms with van der Waals surface area (Å²) in [5, 5.41) is 2.70. The third kappa shape index (κ3) is 3.67. The molecule has 116 valence electrons. The van der Waals surface area contributed by atoms with Crippen molar-refractivity contribution < 1.29 is 18.0 Å². The summed E-state index contributed by atoms with van der Waals surface area (Å²) in [5.74, 6) is -2.66. The lowest BCUT2D eigenvalue weighted by molar-refractivity contribution is 0.0921. The van der Waals surface area contributed by atoms with Gasteiger partial charge in [0.2, 0.25) is 0 Å². The van der Waals surface area contributed by atoms with Crippen molar-refractivity contribution in [1.29, 1.82) is 0 Å². The van der Waals surface area contributed by atoms with E-state index in [-0.39, 0.29) is 17.3 Å². The number of hydrogen-bond acceptors (Lipinski definition) is 1. The molecule has 1 N–H and O–H groups in total. The van der Waals surface area contributed by atoms with E-state index in [0.717, 1.165) is 12.1 Å². The zero-order chi connectivity index (χ0) is 16.3. The van der Waals surface area contributed by atoms with Gasteiger partial charge in [-0.15, -0.1) is 0 Å². The summed E-state index contributed by atoms with van der Waals surface area (Å²) in [6.45, 7) is 3.77. The molecule has 0 aliphatic rings. The number of hydrogen-bond donors (Lipinski definition) is 1. The highest BCUT2D eigenvalue weighted by Gasteiger charge is 2.21. The molecule has 2 aromatic carbocycles. The van der Waals surface area contributed by atoms with Gasteiger partial charge in [-0.25, -0.2) is 13.2 Å². The minimum atomic E-state index is -0.917. The van der Waals surface area contributed by atoms with Crippen LogP contribution in [0.4, 0.5) is 13.2 Å². The zero-order valence-electron chi connectivity index (χ0n) is 12.2. The molecule has 0 heterocycles. The van der Waals surface area contributed by atoms with E-state index in [1.165, 1.54) is 12.1 Å². The SMILES string of the molecule is CC(C)[C@@H](NC(=O)c1ccc(F)cc1F)c1ccc(F)cc1. The van der Waals surface area contributed by atoms with Crippen molar-refractivity contribution >= 4 is 5.91 Å². The lowest BCUT2D eigenvalue weighted by Crippen LogP contribution is -2.32. The van der Waals surface area contributed by atoms with Crippen molar-refractivity contribution in [3.63, 3.8) is 0 Å². The summed E-state index contributed by atoms with van der Waals surface area (Å²) < 4.78 is 39.6. The van der Waals surface area contributed by atoms with E-state index >= 15 is 0 Å². The molecular formula is C17H16F3NO. The molecule has 0 radical (unpaired) electrons. The fourth-order valence-corrected chi connectivity index (χ4v) is 2.20. The van der Waals surface area contributed by atoms with E-state index in [9.17, 15) is 18.0 Å². The normalized spacial score (nSPS) is 12.3. The van der Waals surface area contributed by atoms with E-state index in [4.69, 9.17) is 0 Å². The Bertz CT molecular complexity index is 668. The minimum absolute atomic E-state index is 0.0120. The molecular weight excluding hydrogens is 291 g/mol. The molecule has 0 spiro atoms. The smallest absolute Gasteiger partial charge is 0.254 e. The Kier molecular flexibility index (Phi) is 4.85. The van der Waals surface area contributed by atoms with Gasteiger partial charge in [-0.2, -0.15) is 0 Å². The lowest BCUT2D eigenvalue weighted by atomic mass is 9.95. The number of halogens is 3. The fraction of sp³-hybridized carbons (Fsp3) is 0.235. The van der Waals surface area contributed by atoms with Gasteiger partial charge >= 0.3 is 0 Å². The van der Waals surface area contributed by atoms with Gasteiger partial charge in [0.15, 0.2) is 0 Å². The second kappa shape index (κ2) is 6.64. The van der Waals surface area contributed by atoms with Crippen molar-refractivity contribution in [3.8, 4) is 0 Å². The van der Waals surface area contributed by atoms with Gasteiger partial charge in [-0.05, 0) is 35.7 Å². The van der Waals surface area contributed by atoms with Gasteiger partial charge in [0.1, 0.15) is 17.5 Å². The third-order valence-electron chi connectivity index (χ3n) is 3.36. The molecule has 0 unspecified atom stereocenters. The predicted molar refractivity (Wildman–Crippen MR) is 77.8 cm³/mol. The molecule has 1 atom stereocenters. The highest BCUT2D eigenvalue weighted by atomic mass is 19.1. The van der Waals surface area contributed by atoms with Gasteiger partial charge in [-0.1, -0.05) is 26.0 Å². The summed E-state index contributed by atoms with van der Waals surface area (Å²) in [6, 6.07) is 8.13. The van der Waals surface area contributed by atoms with Gasteiger partial charge < -0.3 is 5.32 Å². The van der Waals surface area contributed by atoms with Crippen LogP contribution >= 0.6 is 0 Å². The van der Waals surface area contributed by atoms with Crippen molar-refractivity contribution in [2.75, 3.05) is 0 Å². The highest BCUT2D eigenvalue weighted by Crippen LogP contribution is 2.23. The van der Waals surface area contributed by atoms with Crippen LogP contribution in [0, 0.1) is 23.4 Å². The number of nitrogens with one attached hydrogen (secondary N) is 1. The number of amides is 1. The summed E-state index contributed by atoms with van der Waals surface area (Å²) in [5.41, 5.74) is 0.487. The molecule has 0 bridgehead atoms. The minimum Gasteiger partial charge on any atom is -0.345 e. The van der Waals surface area contributed by atoms with E-state index in [2.05, 4.69) is 5.32 Å². The first-order valence-corrected chi connectivity index (χ1v) is 6.90. The first-order valence-electron chi connectivity index (χ1n) is 6.90. The topological polar surface area (TPSA) is 29.1 Å². The molecule has 5 heteroatoms. The number of carbonyl (C=O) groups is 1. The molecule has 1 amide bonds. The van der Waals surface area contributed by atoms with Crippen LogP contribution in [-0.4, -0.2) is 5.91 Å². The van der Waals surface area contributed by atoms with Gasteiger partial charge in [0, 0.05) is 6.07 Å². The highest BCUT2D eigenvalue weighted by molar-refractivity contribution is 5.94. The number of rotatable bonds is 4. The molecule has 0 aliphatic heterocycles. The third-order valence-corrected chi connectivity index (χ3v) is 3.36. The van der Waals surface area contributed by atoms with Crippen LogP contribution in [0.5, 0.6) is 0 Å². The molecule has 22 heavy (non-hydrogen) atoms. The summed E-state index contributed by atoms with van der Waals surface area (Å²) in [4.78, 5) is 12.2. The average molecular weight is 307 g/mol. The Labute approximate surface area is 127 Å². The van der Waals surface area contributed by atoms with Crippen molar-refractivity contribution in [2.24, 2.45) is 5.92 Å². The van der Waals surface area contributed by atoms with Crippen molar-refractivity contribution in [3.05, 3.63) is 71.0 Å². The van der Waals surface area contributed by atoms with Crippen molar-refractivity contribution in [1.82, 2.24) is 5.32 Å². The number of carbonyl (C=O) groups excluding carboxylic acids is 1. The fourth-order valence-electron chi connectivity index (χ4n) is 2.20. The molecule has 0 fully saturated rings. The molecule has 0 aromatic heterocycles. The average Bonchev–Trinajstić information content (AvgIpc) is 2.45. The quantitative estimate of drug-likeness (QED) is 0.900. The van der Waals surface area contributed by atoms with Gasteiger partial charge in [-0.3, -0.25) is 4.79 Å². The Morgan fingerprint density at radius 3 is 2.09 bits per heavy atom. The van der Waals surface area contributed by atoms with E-state index in [0.29, 0.717) is 11.6 Å². The maximum atomic E-state index is 13.7. The zero-order valence-corrected chi connectivity index (χ0v) is 12.2. The molecule has 0 saturated carbocycles. The van der Waals surface area contributed by atoms with E-state index in [1.54, 1.807) is 12.1 Å². The Morgan fingerprint density at radius 2 is 1.55 bits per heavy atom. The maximum Gasteiger partial charge on any atom is 0.254 e. The van der Waals surface area contributed by atoms with Crippen LogP contribution in [0.3, 0.4) is 0 Å². The monoisotopic (exact) mass is 307 g/mol. The summed E-state index contributed by atoms with van der Waals surface area (Å²) in [6.07, 6.45) is 0. The van der Waals surface area contributed by atoms with Crippen LogP contribution in [0.15, 0.2) is 42.5 Å².